The van der Waals surface area contributed by atoms with E-state index in [0.717, 1.165) is 59.7 Å². The molecule has 0 amide bonds. The Morgan fingerprint density at radius 3 is 2.75 bits per heavy atom. The number of esters is 1. The van der Waals surface area contributed by atoms with Gasteiger partial charge in [-0.2, -0.15) is 0 Å². The van der Waals surface area contributed by atoms with Gasteiger partial charge in [0.25, 0.3) is 0 Å². The molecule has 3 heterocycles. The minimum Gasteiger partial charge on any atom is -0.462 e. The number of pyridine rings is 1. The molecule has 0 saturated carbocycles. The summed E-state index contributed by atoms with van der Waals surface area (Å²) in [6.45, 7) is 2.60. The summed E-state index contributed by atoms with van der Waals surface area (Å²) < 4.78 is 5.63. The topological polar surface area (TPSA) is 58.2 Å². The zero-order chi connectivity index (χ0) is 19.5. The van der Waals surface area contributed by atoms with Gasteiger partial charge in [-0.15, -0.1) is 0 Å². The van der Waals surface area contributed by atoms with Crippen LogP contribution in [0.25, 0.3) is 11.0 Å². The maximum atomic E-state index is 12.7. The lowest BCUT2D eigenvalue weighted by molar-refractivity contribution is 0.0386. The molecule has 146 valence electrons. The molecular weight excluding hydrogens is 374 g/mol. The van der Waals surface area contributed by atoms with Crippen molar-refractivity contribution in [3.63, 3.8) is 0 Å². The van der Waals surface area contributed by atoms with Crippen LogP contribution >= 0.6 is 11.6 Å². The van der Waals surface area contributed by atoms with Crippen LogP contribution in [0.4, 0.5) is 0 Å². The van der Waals surface area contributed by atoms with Crippen LogP contribution in [0.15, 0.2) is 42.6 Å². The van der Waals surface area contributed by atoms with Crippen molar-refractivity contribution in [1.29, 1.82) is 0 Å². The third-order valence-corrected chi connectivity index (χ3v) is 5.64. The number of hydrogen-bond donors (Lipinski definition) is 1. The number of H-pyrrole nitrogens is 1. The van der Waals surface area contributed by atoms with Gasteiger partial charge in [-0.1, -0.05) is 23.7 Å². The molecule has 28 heavy (non-hydrogen) atoms. The minimum absolute atomic E-state index is 0.286. The molecule has 1 aliphatic rings. The number of halogens is 1. The third kappa shape index (κ3) is 4.37. The number of carbonyl (C=O) groups excluding carboxylic acids is 1. The molecule has 0 spiro atoms. The maximum absolute atomic E-state index is 12.7. The van der Waals surface area contributed by atoms with E-state index < -0.39 is 0 Å². The number of ether oxygens (including phenoxy) is 1. The van der Waals surface area contributed by atoms with Crippen molar-refractivity contribution in [3.8, 4) is 0 Å². The summed E-state index contributed by atoms with van der Waals surface area (Å²) in [5.74, 6) is 0.160. The second kappa shape index (κ2) is 8.33. The fourth-order valence-corrected chi connectivity index (χ4v) is 3.79. The Labute approximate surface area is 169 Å². The number of carbonyl (C=O) groups is 1. The second-order valence-corrected chi connectivity index (χ2v) is 8.00. The standard InChI is InChI=1S/C22H24ClN3O2/c1-26-10-7-16(8-11-26)14-28-22(27)19-6-9-24-20-13-18(25-21(19)20)12-15-2-4-17(23)5-3-15/h2-6,9,13,16,25H,7-8,10-12,14H2,1H3. The van der Waals surface area contributed by atoms with Crippen molar-refractivity contribution >= 4 is 28.6 Å². The molecule has 1 N–H and O–H groups in total. The Morgan fingerprint density at radius 1 is 1.25 bits per heavy atom. The number of fused-ring (bicyclic) bond motifs is 1. The molecule has 0 bridgehead atoms. The first-order valence-corrected chi connectivity index (χ1v) is 10.0. The average molecular weight is 398 g/mol. The predicted octanol–water partition coefficient (Wildman–Crippen LogP) is 4.31. The third-order valence-electron chi connectivity index (χ3n) is 5.39. The van der Waals surface area contributed by atoms with Gasteiger partial charge in [0.2, 0.25) is 0 Å². The first-order valence-electron chi connectivity index (χ1n) is 9.65. The summed E-state index contributed by atoms with van der Waals surface area (Å²) in [4.78, 5) is 22.7. The van der Waals surface area contributed by atoms with E-state index in [2.05, 4.69) is 21.9 Å². The van der Waals surface area contributed by atoms with Crippen LogP contribution < -0.4 is 0 Å². The zero-order valence-corrected chi connectivity index (χ0v) is 16.7. The second-order valence-electron chi connectivity index (χ2n) is 7.56. The SMILES string of the molecule is CN1CCC(COC(=O)c2ccnc3cc(Cc4ccc(Cl)cc4)[nH]c23)CC1. The van der Waals surface area contributed by atoms with Gasteiger partial charge in [0.05, 0.1) is 23.2 Å². The first kappa shape index (κ1) is 19.0. The Bertz CT molecular complexity index is 960. The lowest BCUT2D eigenvalue weighted by Gasteiger charge is -2.28. The highest BCUT2D eigenvalue weighted by Gasteiger charge is 2.20. The number of benzene rings is 1. The van der Waals surface area contributed by atoms with Crippen LogP contribution in [0, 0.1) is 5.92 Å². The van der Waals surface area contributed by atoms with Crippen molar-refractivity contribution in [2.45, 2.75) is 19.3 Å². The van der Waals surface area contributed by atoms with E-state index in [1.807, 2.05) is 30.3 Å². The molecule has 1 fully saturated rings. The normalized spacial score (nSPS) is 15.8. The predicted molar refractivity (Wildman–Crippen MR) is 111 cm³/mol. The van der Waals surface area contributed by atoms with E-state index in [0.29, 0.717) is 18.1 Å². The number of nitrogens with zero attached hydrogens (tertiary/aromatic N) is 2. The Morgan fingerprint density at radius 2 is 2.00 bits per heavy atom. The van der Waals surface area contributed by atoms with Gasteiger partial charge in [0, 0.05) is 23.3 Å². The van der Waals surface area contributed by atoms with Gasteiger partial charge in [-0.05, 0) is 68.7 Å². The molecular formula is C22H24ClN3O2. The molecule has 0 unspecified atom stereocenters. The number of aromatic nitrogens is 2. The van der Waals surface area contributed by atoms with E-state index in [1.165, 1.54) is 0 Å². The average Bonchev–Trinajstić information content (AvgIpc) is 3.11. The molecule has 2 aromatic heterocycles. The van der Waals surface area contributed by atoms with Gasteiger partial charge in [-0.25, -0.2) is 4.79 Å². The lowest BCUT2D eigenvalue weighted by atomic mass is 9.98. The van der Waals surface area contributed by atoms with Crippen molar-refractivity contribution in [2.75, 3.05) is 26.7 Å². The van der Waals surface area contributed by atoms with E-state index in [1.54, 1.807) is 12.3 Å². The Kier molecular flexibility index (Phi) is 5.64. The molecule has 0 aliphatic carbocycles. The van der Waals surface area contributed by atoms with Crippen molar-refractivity contribution < 1.29 is 9.53 Å². The van der Waals surface area contributed by atoms with Gasteiger partial charge in [-0.3, -0.25) is 4.98 Å². The molecule has 0 atom stereocenters. The molecule has 3 aromatic rings. The van der Waals surface area contributed by atoms with E-state index >= 15 is 0 Å². The van der Waals surface area contributed by atoms with Gasteiger partial charge in [0.1, 0.15) is 0 Å². The van der Waals surface area contributed by atoms with Crippen LogP contribution in [-0.4, -0.2) is 47.6 Å². The number of nitrogens with one attached hydrogen (secondary N) is 1. The summed E-state index contributed by atoms with van der Waals surface area (Å²) in [5, 5.41) is 0.719. The lowest BCUT2D eigenvalue weighted by Crippen LogP contribution is -2.32. The maximum Gasteiger partial charge on any atom is 0.340 e. The zero-order valence-electron chi connectivity index (χ0n) is 16.0. The molecule has 1 saturated heterocycles. The van der Waals surface area contributed by atoms with Gasteiger partial charge < -0.3 is 14.6 Å². The van der Waals surface area contributed by atoms with Gasteiger partial charge in [0.15, 0.2) is 0 Å². The highest BCUT2D eigenvalue weighted by molar-refractivity contribution is 6.30. The molecule has 1 aromatic carbocycles. The molecule has 6 heteroatoms. The largest absolute Gasteiger partial charge is 0.462 e. The first-order chi connectivity index (χ1) is 13.6. The van der Waals surface area contributed by atoms with E-state index in [-0.39, 0.29) is 5.97 Å². The number of hydrogen-bond acceptors (Lipinski definition) is 4. The number of rotatable bonds is 5. The Hall–Kier alpha value is -2.37. The van der Waals surface area contributed by atoms with Gasteiger partial charge >= 0.3 is 5.97 Å². The summed E-state index contributed by atoms with van der Waals surface area (Å²) in [7, 11) is 2.13. The number of aromatic amines is 1. The molecule has 0 radical (unpaired) electrons. The van der Waals surface area contributed by atoms with Crippen molar-refractivity contribution in [2.24, 2.45) is 5.92 Å². The fourth-order valence-electron chi connectivity index (χ4n) is 3.67. The van der Waals surface area contributed by atoms with Crippen molar-refractivity contribution in [3.05, 3.63) is 64.4 Å². The fraction of sp³-hybridized carbons (Fsp3) is 0.364. The van der Waals surface area contributed by atoms with Crippen LogP contribution in [0.5, 0.6) is 0 Å². The monoisotopic (exact) mass is 397 g/mol. The van der Waals surface area contributed by atoms with Crippen LogP contribution in [-0.2, 0) is 11.2 Å². The van der Waals surface area contributed by atoms with E-state index in [4.69, 9.17) is 16.3 Å². The van der Waals surface area contributed by atoms with Crippen LogP contribution in [0.3, 0.4) is 0 Å². The smallest absolute Gasteiger partial charge is 0.340 e. The van der Waals surface area contributed by atoms with Crippen LogP contribution in [0.2, 0.25) is 5.02 Å². The van der Waals surface area contributed by atoms with Crippen LogP contribution in [0.1, 0.15) is 34.5 Å². The summed E-state index contributed by atoms with van der Waals surface area (Å²) in [5.41, 5.74) is 4.19. The quantitative estimate of drug-likeness (QED) is 0.652. The number of piperidine rings is 1. The molecule has 1 aliphatic heterocycles. The highest BCUT2D eigenvalue weighted by Crippen LogP contribution is 2.22. The summed E-state index contributed by atoms with van der Waals surface area (Å²) >= 11 is 5.96. The van der Waals surface area contributed by atoms with Crippen molar-refractivity contribution in [1.82, 2.24) is 14.9 Å². The highest BCUT2D eigenvalue weighted by atomic mass is 35.5. The Balaban J connectivity index is 1.47. The molecule has 4 rings (SSSR count). The summed E-state index contributed by atoms with van der Waals surface area (Å²) in [6, 6.07) is 11.5. The summed E-state index contributed by atoms with van der Waals surface area (Å²) in [6.07, 6.45) is 4.53. The number of likely N-dealkylation sites (tertiary alicyclic amines) is 1. The molecule has 5 nitrogen and oxygen atoms in total. The minimum atomic E-state index is -0.286. The van der Waals surface area contributed by atoms with E-state index in [9.17, 15) is 4.79 Å².